The van der Waals surface area contributed by atoms with E-state index < -0.39 is 0 Å². The zero-order chi connectivity index (χ0) is 17.5. The fraction of sp³-hybridized carbons (Fsp3) is 0.333. The van der Waals surface area contributed by atoms with E-state index in [1.165, 1.54) is 0 Å². The lowest BCUT2D eigenvalue weighted by Crippen LogP contribution is -2.32. The van der Waals surface area contributed by atoms with Crippen molar-refractivity contribution in [1.82, 2.24) is 9.88 Å². The van der Waals surface area contributed by atoms with Crippen LogP contribution in [-0.2, 0) is 0 Å². The number of carbonyl (C=O) groups excluding carboxylic acids is 1. The molecule has 1 aromatic carbocycles. The summed E-state index contributed by atoms with van der Waals surface area (Å²) >= 11 is 11.9. The smallest absolute Gasteiger partial charge is 0.255 e. The third kappa shape index (κ3) is 4.86. The van der Waals surface area contributed by atoms with Gasteiger partial charge in [-0.2, -0.15) is 0 Å². The normalized spacial score (nSPS) is 10.5. The number of hydrogen-bond donors (Lipinski definition) is 1. The van der Waals surface area contributed by atoms with Crippen LogP contribution in [0.25, 0.3) is 0 Å². The molecule has 0 radical (unpaired) electrons. The summed E-state index contributed by atoms with van der Waals surface area (Å²) in [6, 6.07) is 7.08. The van der Waals surface area contributed by atoms with Crippen LogP contribution in [0.4, 0.5) is 11.4 Å². The van der Waals surface area contributed by atoms with Crippen LogP contribution >= 0.6 is 23.2 Å². The highest BCUT2D eigenvalue weighted by Crippen LogP contribution is 2.27. The Hall–Kier alpha value is -1.78. The van der Waals surface area contributed by atoms with Crippen molar-refractivity contribution in [2.45, 2.75) is 26.7 Å². The molecule has 2 aromatic rings. The Kier molecular flexibility index (Phi) is 6.88. The zero-order valence-electron chi connectivity index (χ0n) is 13.9. The van der Waals surface area contributed by atoms with Crippen molar-refractivity contribution in [2.24, 2.45) is 0 Å². The van der Waals surface area contributed by atoms with Gasteiger partial charge in [0, 0.05) is 25.0 Å². The molecule has 0 saturated heterocycles. The first-order valence-electron chi connectivity index (χ1n) is 8.01. The predicted octanol–water partition coefficient (Wildman–Crippen LogP) is 5.39. The molecule has 4 nitrogen and oxygen atoms in total. The Balaban J connectivity index is 2.18. The lowest BCUT2D eigenvalue weighted by Gasteiger charge is -2.21. The molecule has 1 N–H and O–H groups in total. The second-order valence-electron chi connectivity index (χ2n) is 5.51. The average Bonchev–Trinajstić information content (AvgIpc) is 2.58. The van der Waals surface area contributed by atoms with Gasteiger partial charge in [-0.1, -0.05) is 37.0 Å². The SMILES string of the molecule is CCCN(CCC)C(=O)c1cncc(Nc2ccc(Cl)c(Cl)c2)c1. The minimum absolute atomic E-state index is 0.00369. The van der Waals surface area contributed by atoms with E-state index in [2.05, 4.69) is 24.1 Å². The van der Waals surface area contributed by atoms with Crippen molar-refractivity contribution in [3.63, 3.8) is 0 Å². The van der Waals surface area contributed by atoms with E-state index in [9.17, 15) is 4.79 Å². The van der Waals surface area contributed by atoms with E-state index in [4.69, 9.17) is 23.2 Å². The Labute approximate surface area is 152 Å². The van der Waals surface area contributed by atoms with Crippen LogP contribution in [-0.4, -0.2) is 28.9 Å². The van der Waals surface area contributed by atoms with Crippen molar-refractivity contribution >= 4 is 40.5 Å². The van der Waals surface area contributed by atoms with Crippen molar-refractivity contribution < 1.29 is 4.79 Å². The number of pyridine rings is 1. The molecule has 0 bridgehead atoms. The molecule has 0 spiro atoms. The van der Waals surface area contributed by atoms with Crippen molar-refractivity contribution in [3.8, 4) is 0 Å². The molecule has 1 aromatic heterocycles. The maximum atomic E-state index is 12.6. The predicted molar refractivity (Wildman–Crippen MR) is 100 cm³/mol. The molecule has 0 aliphatic carbocycles. The number of aromatic nitrogens is 1. The van der Waals surface area contributed by atoms with Crippen LogP contribution in [0.5, 0.6) is 0 Å². The van der Waals surface area contributed by atoms with E-state index in [-0.39, 0.29) is 5.91 Å². The quantitative estimate of drug-likeness (QED) is 0.714. The minimum Gasteiger partial charge on any atom is -0.354 e. The van der Waals surface area contributed by atoms with Gasteiger partial charge in [0.05, 0.1) is 27.5 Å². The van der Waals surface area contributed by atoms with Crippen LogP contribution < -0.4 is 5.32 Å². The second-order valence-corrected chi connectivity index (χ2v) is 6.32. The first-order valence-corrected chi connectivity index (χ1v) is 8.77. The van der Waals surface area contributed by atoms with Crippen molar-refractivity contribution in [2.75, 3.05) is 18.4 Å². The standard InChI is InChI=1S/C18H21Cl2N3O/c1-3-7-23(8-4-2)18(24)13-9-15(12-21-11-13)22-14-5-6-16(19)17(20)10-14/h5-6,9-12,22H,3-4,7-8H2,1-2H3. The molecule has 0 saturated carbocycles. The first-order chi connectivity index (χ1) is 11.5. The number of anilines is 2. The number of benzene rings is 1. The second kappa shape index (κ2) is 8.90. The van der Waals surface area contributed by atoms with Crippen LogP contribution in [0.3, 0.4) is 0 Å². The fourth-order valence-corrected chi connectivity index (χ4v) is 2.70. The average molecular weight is 366 g/mol. The monoisotopic (exact) mass is 365 g/mol. The highest BCUT2D eigenvalue weighted by Gasteiger charge is 2.15. The third-order valence-electron chi connectivity index (χ3n) is 3.47. The highest BCUT2D eigenvalue weighted by molar-refractivity contribution is 6.42. The van der Waals surface area contributed by atoms with Gasteiger partial charge in [-0.25, -0.2) is 0 Å². The third-order valence-corrected chi connectivity index (χ3v) is 4.21. The Morgan fingerprint density at radius 1 is 1.04 bits per heavy atom. The van der Waals surface area contributed by atoms with Gasteiger partial charge in [0.25, 0.3) is 5.91 Å². The van der Waals surface area contributed by atoms with E-state index in [1.807, 2.05) is 11.0 Å². The van der Waals surface area contributed by atoms with Gasteiger partial charge in [-0.15, -0.1) is 0 Å². The molecule has 128 valence electrons. The molecule has 0 fully saturated rings. The number of carbonyl (C=O) groups is 1. The maximum absolute atomic E-state index is 12.6. The molecule has 0 aliphatic heterocycles. The van der Waals surface area contributed by atoms with E-state index in [0.29, 0.717) is 15.6 Å². The number of nitrogens with one attached hydrogen (secondary N) is 1. The van der Waals surface area contributed by atoms with E-state index in [0.717, 1.165) is 37.3 Å². The zero-order valence-corrected chi connectivity index (χ0v) is 15.4. The fourth-order valence-electron chi connectivity index (χ4n) is 2.40. The van der Waals surface area contributed by atoms with Gasteiger partial charge in [-0.3, -0.25) is 9.78 Å². The lowest BCUT2D eigenvalue weighted by molar-refractivity contribution is 0.0755. The number of hydrogen-bond acceptors (Lipinski definition) is 3. The minimum atomic E-state index is 0.00369. The molecule has 24 heavy (non-hydrogen) atoms. The van der Waals surface area contributed by atoms with E-state index >= 15 is 0 Å². The summed E-state index contributed by atoms with van der Waals surface area (Å²) < 4.78 is 0. The van der Waals surface area contributed by atoms with Gasteiger partial charge in [-0.05, 0) is 37.1 Å². The van der Waals surface area contributed by atoms with Crippen LogP contribution in [0.2, 0.25) is 10.0 Å². The first kappa shape index (κ1) is 18.6. The van der Waals surface area contributed by atoms with Gasteiger partial charge in [0.1, 0.15) is 0 Å². The maximum Gasteiger partial charge on any atom is 0.255 e. The van der Waals surface area contributed by atoms with Crippen LogP contribution in [0.15, 0.2) is 36.7 Å². The molecule has 0 atom stereocenters. The summed E-state index contributed by atoms with van der Waals surface area (Å²) in [5, 5.41) is 4.16. The number of nitrogens with zero attached hydrogens (tertiary/aromatic N) is 2. The number of rotatable bonds is 7. The van der Waals surface area contributed by atoms with Gasteiger partial charge in [0.15, 0.2) is 0 Å². The molecule has 2 rings (SSSR count). The lowest BCUT2D eigenvalue weighted by atomic mass is 10.2. The number of amides is 1. The molecule has 1 amide bonds. The molecule has 0 unspecified atom stereocenters. The van der Waals surface area contributed by atoms with Gasteiger partial charge < -0.3 is 10.2 Å². The molecule has 1 heterocycles. The van der Waals surface area contributed by atoms with Gasteiger partial charge >= 0.3 is 0 Å². The summed E-state index contributed by atoms with van der Waals surface area (Å²) in [5.41, 5.74) is 2.09. The Morgan fingerprint density at radius 3 is 2.38 bits per heavy atom. The number of halogens is 2. The summed E-state index contributed by atoms with van der Waals surface area (Å²) in [4.78, 5) is 18.7. The Bertz CT molecular complexity index is 700. The summed E-state index contributed by atoms with van der Waals surface area (Å²) in [6.45, 7) is 5.63. The largest absolute Gasteiger partial charge is 0.354 e. The molecule has 0 aliphatic rings. The molecular weight excluding hydrogens is 345 g/mol. The highest BCUT2D eigenvalue weighted by atomic mass is 35.5. The molecular formula is C18H21Cl2N3O. The summed E-state index contributed by atoms with van der Waals surface area (Å²) in [6.07, 6.45) is 5.13. The summed E-state index contributed by atoms with van der Waals surface area (Å²) in [7, 11) is 0. The van der Waals surface area contributed by atoms with Crippen molar-refractivity contribution in [1.29, 1.82) is 0 Å². The Morgan fingerprint density at radius 2 is 1.75 bits per heavy atom. The van der Waals surface area contributed by atoms with Gasteiger partial charge in [0.2, 0.25) is 0 Å². The van der Waals surface area contributed by atoms with Crippen LogP contribution in [0, 0.1) is 0 Å². The molecule has 6 heteroatoms. The van der Waals surface area contributed by atoms with Crippen molar-refractivity contribution in [3.05, 3.63) is 52.3 Å². The summed E-state index contributed by atoms with van der Waals surface area (Å²) in [5.74, 6) is 0.00369. The van der Waals surface area contributed by atoms with E-state index in [1.54, 1.807) is 30.6 Å². The topological polar surface area (TPSA) is 45.2 Å². The van der Waals surface area contributed by atoms with Crippen LogP contribution in [0.1, 0.15) is 37.0 Å².